The zero-order valence-electron chi connectivity index (χ0n) is 9.59. The van der Waals surface area contributed by atoms with Crippen LogP contribution in [0.2, 0.25) is 0 Å². The maximum atomic E-state index is 12.0. The zero-order valence-corrected chi connectivity index (χ0v) is 11.2. The van der Waals surface area contributed by atoms with Crippen LogP contribution in [-0.2, 0) is 0 Å². The van der Waals surface area contributed by atoms with Gasteiger partial charge in [0.05, 0.1) is 5.56 Å². The number of rotatable bonds is 4. The van der Waals surface area contributed by atoms with Crippen molar-refractivity contribution in [3.05, 3.63) is 22.3 Å². The molecular weight excluding hydrogens is 284 g/mol. The van der Waals surface area contributed by atoms with Gasteiger partial charge in [-0.1, -0.05) is 6.92 Å². The van der Waals surface area contributed by atoms with Crippen molar-refractivity contribution in [3.63, 3.8) is 0 Å². The molecule has 92 valence electrons. The number of hydrogen-bond donors (Lipinski definition) is 3. The van der Waals surface area contributed by atoms with Crippen LogP contribution in [0.4, 0.5) is 5.82 Å². The number of amides is 1. The highest BCUT2D eigenvalue weighted by molar-refractivity contribution is 9.10. The SMILES string of the molecule is CC1(CNC(=O)c2cc(Br)cnc2NN)CC1. The van der Waals surface area contributed by atoms with Crippen molar-refractivity contribution >= 4 is 27.7 Å². The fourth-order valence-electron chi connectivity index (χ4n) is 1.51. The first-order chi connectivity index (χ1) is 8.04. The Balaban J connectivity index is 2.09. The molecule has 5 nitrogen and oxygen atoms in total. The summed E-state index contributed by atoms with van der Waals surface area (Å²) < 4.78 is 0.749. The number of aromatic nitrogens is 1. The Morgan fingerprint density at radius 2 is 2.35 bits per heavy atom. The highest BCUT2D eigenvalue weighted by Crippen LogP contribution is 2.44. The first-order valence-electron chi connectivity index (χ1n) is 5.44. The van der Waals surface area contributed by atoms with Gasteiger partial charge in [-0.2, -0.15) is 0 Å². The molecule has 0 bridgehead atoms. The minimum atomic E-state index is -0.153. The van der Waals surface area contributed by atoms with Crippen LogP contribution in [0.3, 0.4) is 0 Å². The van der Waals surface area contributed by atoms with Gasteiger partial charge in [0.1, 0.15) is 0 Å². The molecular formula is C11H15BrN4O. The number of halogens is 1. The van der Waals surface area contributed by atoms with Crippen LogP contribution >= 0.6 is 15.9 Å². The van der Waals surface area contributed by atoms with E-state index in [2.05, 4.69) is 38.6 Å². The van der Waals surface area contributed by atoms with Crippen molar-refractivity contribution < 1.29 is 4.79 Å². The van der Waals surface area contributed by atoms with E-state index in [1.165, 1.54) is 12.8 Å². The van der Waals surface area contributed by atoms with Gasteiger partial charge in [0.25, 0.3) is 5.91 Å². The molecule has 1 heterocycles. The standard InChI is InChI=1S/C11H15BrN4O/c1-11(2-3-11)6-15-10(17)8-4-7(12)5-14-9(8)16-13/h4-5H,2-3,6,13H2,1H3,(H,14,16)(H,15,17). The average molecular weight is 299 g/mol. The molecule has 1 aliphatic carbocycles. The van der Waals surface area contributed by atoms with E-state index in [0.717, 1.165) is 4.47 Å². The Labute approximate surface area is 108 Å². The van der Waals surface area contributed by atoms with Gasteiger partial charge in [0.2, 0.25) is 0 Å². The normalized spacial score (nSPS) is 16.4. The van der Waals surface area contributed by atoms with Crippen molar-refractivity contribution in [1.29, 1.82) is 0 Å². The van der Waals surface area contributed by atoms with Crippen molar-refractivity contribution in [2.45, 2.75) is 19.8 Å². The number of pyridine rings is 1. The Morgan fingerprint density at radius 1 is 1.65 bits per heavy atom. The Morgan fingerprint density at radius 3 is 2.94 bits per heavy atom. The summed E-state index contributed by atoms with van der Waals surface area (Å²) in [6.45, 7) is 2.86. The molecule has 0 spiro atoms. The van der Waals surface area contributed by atoms with Gasteiger partial charge >= 0.3 is 0 Å². The number of carbonyl (C=O) groups is 1. The first kappa shape index (κ1) is 12.3. The number of hydrazine groups is 1. The number of anilines is 1. The summed E-state index contributed by atoms with van der Waals surface area (Å²) >= 11 is 3.29. The monoisotopic (exact) mass is 298 g/mol. The highest BCUT2D eigenvalue weighted by atomic mass is 79.9. The van der Waals surface area contributed by atoms with E-state index in [4.69, 9.17) is 5.84 Å². The number of nitrogens with two attached hydrogens (primary N) is 1. The van der Waals surface area contributed by atoms with Crippen LogP contribution in [0.15, 0.2) is 16.7 Å². The molecule has 0 saturated heterocycles. The molecule has 2 rings (SSSR count). The quantitative estimate of drug-likeness (QED) is 0.583. The second-order valence-electron chi connectivity index (χ2n) is 4.69. The van der Waals surface area contributed by atoms with Crippen LogP contribution in [0.1, 0.15) is 30.1 Å². The molecule has 6 heteroatoms. The number of nitrogen functional groups attached to an aromatic ring is 1. The highest BCUT2D eigenvalue weighted by Gasteiger charge is 2.37. The minimum absolute atomic E-state index is 0.153. The summed E-state index contributed by atoms with van der Waals surface area (Å²) in [5, 5.41) is 2.91. The Hall–Kier alpha value is -1.14. The minimum Gasteiger partial charge on any atom is -0.351 e. The van der Waals surface area contributed by atoms with E-state index in [1.807, 2.05) is 0 Å². The zero-order chi connectivity index (χ0) is 12.5. The van der Waals surface area contributed by atoms with E-state index in [0.29, 0.717) is 17.9 Å². The number of nitrogens with one attached hydrogen (secondary N) is 2. The van der Waals surface area contributed by atoms with Crippen molar-refractivity contribution in [1.82, 2.24) is 10.3 Å². The van der Waals surface area contributed by atoms with Gasteiger partial charge in [0, 0.05) is 17.2 Å². The Bertz CT molecular complexity index is 445. The van der Waals surface area contributed by atoms with Crippen LogP contribution in [0, 0.1) is 5.41 Å². The third-order valence-corrected chi connectivity index (χ3v) is 3.45. The predicted octanol–water partition coefficient (Wildman–Crippen LogP) is 1.66. The van der Waals surface area contributed by atoms with Gasteiger partial charge in [-0.3, -0.25) is 4.79 Å². The van der Waals surface area contributed by atoms with Gasteiger partial charge < -0.3 is 10.7 Å². The van der Waals surface area contributed by atoms with Gasteiger partial charge in [-0.05, 0) is 40.3 Å². The molecule has 0 aromatic carbocycles. The van der Waals surface area contributed by atoms with E-state index >= 15 is 0 Å². The lowest BCUT2D eigenvalue weighted by atomic mass is 10.1. The fourth-order valence-corrected chi connectivity index (χ4v) is 1.84. The molecule has 0 aliphatic heterocycles. The maximum Gasteiger partial charge on any atom is 0.255 e. The largest absolute Gasteiger partial charge is 0.351 e. The third kappa shape index (κ3) is 2.95. The number of carbonyl (C=O) groups excluding carboxylic acids is 1. The van der Waals surface area contributed by atoms with Gasteiger partial charge in [0.15, 0.2) is 5.82 Å². The molecule has 1 amide bonds. The fraction of sp³-hybridized carbons (Fsp3) is 0.455. The molecule has 0 radical (unpaired) electrons. The van der Waals surface area contributed by atoms with Crippen LogP contribution in [0.25, 0.3) is 0 Å². The summed E-state index contributed by atoms with van der Waals surface area (Å²) in [7, 11) is 0. The van der Waals surface area contributed by atoms with Gasteiger partial charge in [-0.25, -0.2) is 10.8 Å². The summed E-state index contributed by atoms with van der Waals surface area (Å²) in [4.78, 5) is 16.0. The molecule has 0 atom stereocenters. The Kier molecular flexibility index (Phi) is 3.35. The van der Waals surface area contributed by atoms with E-state index in [1.54, 1.807) is 12.3 Å². The lowest BCUT2D eigenvalue weighted by molar-refractivity contribution is 0.0946. The summed E-state index contributed by atoms with van der Waals surface area (Å²) in [5.74, 6) is 5.55. The molecule has 1 aliphatic rings. The second-order valence-corrected chi connectivity index (χ2v) is 5.60. The van der Waals surface area contributed by atoms with E-state index < -0.39 is 0 Å². The molecule has 17 heavy (non-hydrogen) atoms. The molecule has 1 aromatic heterocycles. The topological polar surface area (TPSA) is 80.0 Å². The molecule has 1 aromatic rings. The lowest BCUT2D eigenvalue weighted by Gasteiger charge is -2.12. The van der Waals surface area contributed by atoms with Crippen molar-refractivity contribution in [3.8, 4) is 0 Å². The third-order valence-electron chi connectivity index (χ3n) is 3.01. The van der Waals surface area contributed by atoms with Gasteiger partial charge in [-0.15, -0.1) is 0 Å². The second kappa shape index (κ2) is 4.62. The molecule has 4 N–H and O–H groups in total. The lowest BCUT2D eigenvalue weighted by Crippen LogP contribution is -2.30. The first-order valence-corrected chi connectivity index (χ1v) is 6.24. The molecule has 0 unspecified atom stereocenters. The van der Waals surface area contributed by atoms with Crippen molar-refractivity contribution in [2.24, 2.45) is 11.3 Å². The maximum absolute atomic E-state index is 12.0. The summed E-state index contributed by atoms with van der Waals surface area (Å²) in [5.41, 5.74) is 3.16. The predicted molar refractivity (Wildman–Crippen MR) is 69.4 cm³/mol. The summed E-state index contributed by atoms with van der Waals surface area (Å²) in [6, 6.07) is 1.70. The van der Waals surface area contributed by atoms with Crippen LogP contribution < -0.4 is 16.6 Å². The van der Waals surface area contributed by atoms with Crippen molar-refractivity contribution in [2.75, 3.05) is 12.0 Å². The molecule has 1 fully saturated rings. The molecule has 1 saturated carbocycles. The van der Waals surface area contributed by atoms with Crippen LogP contribution in [-0.4, -0.2) is 17.4 Å². The van der Waals surface area contributed by atoms with Crippen LogP contribution in [0.5, 0.6) is 0 Å². The summed E-state index contributed by atoms with van der Waals surface area (Å²) in [6.07, 6.45) is 3.94. The van der Waals surface area contributed by atoms with E-state index in [-0.39, 0.29) is 11.3 Å². The number of nitrogens with zero attached hydrogens (tertiary/aromatic N) is 1. The number of hydrogen-bond acceptors (Lipinski definition) is 4. The van der Waals surface area contributed by atoms with E-state index in [9.17, 15) is 4.79 Å². The smallest absolute Gasteiger partial charge is 0.255 e. The average Bonchev–Trinajstić information content (AvgIpc) is 3.05.